The van der Waals surface area contributed by atoms with Crippen molar-refractivity contribution in [3.63, 3.8) is 0 Å². The molecule has 2 heterocycles. The van der Waals surface area contributed by atoms with Gasteiger partial charge in [0, 0.05) is 29.6 Å². The maximum Gasteiger partial charge on any atom is 0.249 e. The number of likely N-dealkylation sites (tertiary alicyclic amines) is 1. The van der Waals surface area contributed by atoms with Gasteiger partial charge in [-0.2, -0.15) is 0 Å². The van der Waals surface area contributed by atoms with Crippen molar-refractivity contribution in [2.45, 2.75) is 18.2 Å². The molecule has 0 aromatic heterocycles. The summed E-state index contributed by atoms with van der Waals surface area (Å²) in [7, 11) is 1.56. The molecule has 7 heteroatoms. The van der Waals surface area contributed by atoms with Crippen LogP contribution in [0.3, 0.4) is 0 Å². The number of hydrogen-bond donors (Lipinski definition) is 2. The molecule has 2 aromatic carbocycles. The van der Waals surface area contributed by atoms with Crippen LogP contribution in [0.2, 0.25) is 0 Å². The number of nitrogens with zero attached hydrogens (tertiary/aromatic N) is 2. The fraction of sp³-hybridized carbons (Fsp3) is 0.250. The molecule has 7 nitrogen and oxygen atoms in total. The van der Waals surface area contributed by atoms with Gasteiger partial charge >= 0.3 is 0 Å². The number of anilines is 1. The summed E-state index contributed by atoms with van der Waals surface area (Å²) in [6.07, 6.45) is 17.0. The van der Waals surface area contributed by atoms with E-state index in [-0.39, 0.29) is 23.7 Å². The Balaban J connectivity index is 1.32. The lowest BCUT2D eigenvalue weighted by molar-refractivity contribution is -0.140. The van der Waals surface area contributed by atoms with E-state index in [1.165, 1.54) is 10.5 Å². The average molecular weight is 522 g/mol. The number of rotatable bonds is 7. The first-order valence-electron chi connectivity index (χ1n) is 13.2. The standard InChI is InChI=1S/C32H31N3O4/c1-39-28-17-8-7-16-25(28)30(36)27-19-18-26-29(35(27)33-23-13-3-2-4-14-23)32(38)34(31(26)37)20-22-12-9-11-21-10-5-6-15-24(21)22/h2-19,22,24,26-27,29-30,33,36H,20H2,1H3/t22?,24?,26-,27-,29+,30-/m1/s1. The van der Waals surface area contributed by atoms with Crippen LogP contribution in [0.25, 0.3) is 0 Å². The second-order valence-electron chi connectivity index (χ2n) is 10.2. The lowest BCUT2D eigenvalue weighted by atomic mass is 9.79. The SMILES string of the molecule is COc1ccccc1[C@@H](O)[C@H]1C=C[C@H]2C(=O)N(CC3C=CC=C4C=CC=CC43)C(=O)[C@H]2N1Nc1ccccc1. The lowest BCUT2D eigenvalue weighted by Gasteiger charge is -2.41. The van der Waals surface area contributed by atoms with Crippen molar-refractivity contribution < 1.29 is 19.4 Å². The van der Waals surface area contributed by atoms with Gasteiger partial charge in [-0.1, -0.05) is 91.1 Å². The van der Waals surface area contributed by atoms with Gasteiger partial charge in [0.1, 0.15) is 17.9 Å². The summed E-state index contributed by atoms with van der Waals surface area (Å²) in [5.41, 5.74) is 5.88. The zero-order chi connectivity index (χ0) is 26.9. The smallest absolute Gasteiger partial charge is 0.249 e. The highest BCUT2D eigenvalue weighted by atomic mass is 16.5. The fourth-order valence-electron chi connectivity index (χ4n) is 6.01. The summed E-state index contributed by atoms with van der Waals surface area (Å²) in [5.74, 6) is -0.468. The number of hydrazine groups is 1. The summed E-state index contributed by atoms with van der Waals surface area (Å²) >= 11 is 0. The van der Waals surface area contributed by atoms with Gasteiger partial charge in [0.05, 0.1) is 19.1 Å². The van der Waals surface area contributed by atoms with Crippen LogP contribution in [0.1, 0.15) is 11.7 Å². The second-order valence-corrected chi connectivity index (χ2v) is 10.2. The van der Waals surface area contributed by atoms with E-state index in [0.29, 0.717) is 17.9 Å². The van der Waals surface area contributed by atoms with Gasteiger partial charge in [-0.3, -0.25) is 14.5 Å². The van der Waals surface area contributed by atoms with E-state index in [2.05, 4.69) is 29.7 Å². The molecule has 6 rings (SSSR count). The molecule has 2 amide bonds. The Hall–Kier alpha value is -4.20. The minimum atomic E-state index is -1.01. The van der Waals surface area contributed by atoms with E-state index in [1.807, 2.05) is 72.8 Å². The molecule has 1 fully saturated rings. The molecule has 0 radical (unpaired) electrons. The molecular formula is C32H31N3O4. The van der Waals surface area contributed by atoms with E-state index in [0.717, 1.165) is 5.69 Å². The van der Waals surface area contributed by atoms with Gasteiger partial charge in [0.2, 0.25) is 11.8 Å². The number of hydrogen-bond acceptors (Lipinski definition) is 6. The van der Waals surface area contributed by atoms with E-state index in [9.17, 15) is 14.7 Å². The molecule has 2 aromatic rings. The monoisotopic (exact) mass is 521 g/mol. The fourth-order valence-corrected chi connectivity index (χ4v) is 6.01. The minimum Gasteiger partial charge on any atom is -0.496 e. The highest BCUT2D eigenvalue weighted by Crippen LogP contribution is 2.39. The number of benzene rings is 2. The topological polar surface area (TPSA) is 82.1 Å². The van der Waals surface area contributed by atoms with Crippen LogP contribution in [-0.2, 0) is 9.59 Å². The molecule has 6 atom stereocenters. The van der Waals surface area contributed by atoms with E-state index in [4.69, 9.17) is 4.74 Å². The highest BCUT2D eigenvalue weighted by molar-refractivity contribution is 6.08. The molecule has 2 unspecified atom stereocenters. The van der Waals surface area contributed by atoms with Crippen molar-refractivity contribution in [1.29, 1.82) is 0 Å². The number of nitrogens with one attached hydrogen (secondary N) is 1. The minimum absolute atomic E-state index is 0.00580. The summed E-state index contributed by atoms with van der Waals surface area (Å²) in [4.78, 5) is 29.1. The molecule has 0 spiro atoms. The van der Waals surface area contributed by atoms with Crippen LogP contribution in [0.4, 0.5) is 5.69 Å². The summed E-state index contributed by atoms with van der Waals surface area (Å²) in [6, 6.07) is 15.3. The predicted molar refractivity (Wildman–Crippen MR) is 149 cm³/mol. The number of aliphatic hydroxyl groups excluding tert-OH is 1. The number of imide groups is 1. The van der Waals surface area contributed by atoms with Gasteiger partial charge in [-0.25, -0.2) is 5.01 Å². The largest absolute Gasteiger partial charge is 0.496 e. The average Bonchev–Trinajstić information content (AvgIpc) is 3.22. The van der Waals surface area contributed by atoms with Gasteiger partial charge in [0.25, 0.3) is 0 Å². The maximum absolute atomic E-state index is 14.0. The lowest BCUT2D eigenvalue weighted by Crippen LogP contribution is -2.55. The first-order valence-corrected chi connectivity index (χ1v) is 13.2. The van der Waals surface area contributed by atoms with E-state index >= 15 is 0 Å². The van der Waals surface area contributed by atoms with Crippen LogP contribution in [0.15, 0.2) is 115 Å². The number of allylic oxidation sites excluding steroid dienone is 7. The van der Waals surface area contributed by atoms with Gasteiger partial charge < -0.3 is 15.3 Å². The number of para-hydroxylation sites is 2. The predicted octanol–water partition coefficient (Wildman–Crippen LogP) is 4.20. The van der Waals surface area contributed by atoms with Crippen LogP contribution < -0.4 is 10.2 Å². The molecule has 39 heavy (non-hydrogen) atoms. The number of fused-ring (bicyclic) bond motifs is 2. The third-order valence-electron chi connectivity index (χ3n) is 7.96. The molecule has 0 saturated carbocycles. The second kappa shape index (κ2) is 10.5. The van der Waals surface area contributed by atoms with Crippen molar-refractivity contribution in [3.8, 4) is 5.75 Å². The highest BCUT2D eigenvalue weighted by Gasteiger charge is 2.54. The maximum atomic E-state index is 14.0. The first kappa shape index (κ1) is 25.1. The summed E-state index contributed by atoms with van der Waals surface area (Å²) in [5, 5.41) is 13.3. The Kier molecular flexibility index (Phi) is 6.77. The first-order chi connectivity index (χ1) is 19.1. The number of carbonyl (C=O) groups excluding carboxylic acids is 2. The summed E-state index contributed by atoms with van der Waals surface area (Å²) in [6.45, 7) is 0.300. The van der Waals surface area contributed by atoms with Gasteiger partial charge in [-0.05, 0) is 23.8 Å². The Morgan fingerprint density at radius 3 is 2.51 bits per heavy atom. The molecule has 2 aliphatic carbocycles. The zero-order valence-electron chi connectivity index (χ0n) is 21.6. The Morgan fingerprint density at radius 2 is 1.69 bits per heavy atom. The van der Waals surface area contributed by atoms with Crippen LogP contribution >= 0.6 is 0 Å². The van der Waals surface area contributed by atoms with Crippen molar-refractivity contribution in [3.05, 3.63) is 120 Å². The van der Waals surface area contributed by atoms with Crippen molar-refractivity contribution in [1.82, 2.24) is 9.91 Å². The molecular weight excluding hydrogens is 490 g/mol. The van der Waals surface area contributed by atoms with Crippen molar-refractivity contribution >= 4 is 17.5 Å². The molecule has 2 N–H and O–H groups in total. The molecule has 4 aliphatic rings. The number of methoxy groups -OCH3 is 1. The molecule has 0 bridgehead atoms. The number of amides is 2. The molecule has 1 saturated heterocycles. The van der Waals surface area contributed by atoms with Crippen LogP contribution in [0.5, 0.6) is 5.75 Å². The van der Waals surface area contributed by atoms with Crippen molar-refractivity contribution in [2.24, 2.45) is 17.8 Å². The van der Waals surface area contributed by atoms with Crippen LogP contribution in [0, 0.1) is 17.8 Å². The number of aliphatic hydroxyl groups is 1. The Bertz CT molecular complexity index is 1410. The zero-order valence-corrected chi connectivity index (χ0v) is 21.6. The normalized spacial score (nSPS) is 28.2. The van der Waals surface area contributed by atoms with E-state index in [1.54, 1.807) is 24.3 Å². The number of carbonyl (C=O) groups is 2. The molecule has 198 valence electrons. The third-order valence-corrected chi connectivity index (χ3v) is 7.96. The number of ether oxygens (including phenoxy) is 1. The van der Waals surface area contributed by atoms with Gasteiger partial charge in [-0.15, -0.1) is 0 Å². The Labute approximate surface area is 228 Å². The van der Waals surface area contributed by atoms with Gasteiger partial charge in [0.15, 0.2) is 0 Å². The third kappa shape index (κ3) is 4.54. The van der Waals surface area contributed by atoms with E-state index < -0.39 is 24.1 Å². The molecule has 2 aliphatic heterocycles. The van der Waals surface area contributed by atoms with Crippen molar-refractivity contribution in [2.75, 3.05) is 19.1 Å². The quantitative estimate of drug-likeness (QED) is 0.420. The Morgan fingerprint density at radius 1 is 0.897 bits per heavy atom. The summed E-state index contributed by atoms with van der Waals surface area (Å²) < 4.78 is 5.51. The van der Waals surface area contributed by atoms with Crippen LogP contribution in [-0.4, -0.2) is 52.6 Å².